The Morgan fingerprint density at radius 3 is 2.65 bits per heavy atom. The van der Waals surface area contributed by atoms with Gasteiger partial charge in [0.1, 0.15) is 10.8 Å². The Morgan fingerprint density at radius 1 is 1.29 bits per heavy atom. The minimum Gasteiger partial charge on any atom is -0.462 e. The summed E-state index contributed by atoms with van der Waals surface area (Å²) in [5, 5.41) is 5.62. The number of ether oxygens (including phenoxy) is 1. The van der Waals surface area contributed by atoms with Crippen molar-refractivity contribution in [1.82, 2.24) is 10.2 Å². The van der Waals surface area contributed by atoms with Crippen LogP contribution in [0.2, 0.25) is 0 Å². The predicted octanol–water partition coefficient (Wildman–Crippen LogP) is 3.34. The molecule has 1 aliphatic rings. The molecule has 0 unspecified atom stereocenters. The summed E-state index contributed by atoms with van der Waals surface area (Å²) in [5.74, 6) is -1.54. The van der Waals surface area contributed by atoms with E-state index in [0.717, 1.165) is 29.7 Å². The highest BCUT2D eigenvalue weighted by molar-refractivity contribution is 7.18. The minimum absolute atomic E-state index is 0.0930. The molecule has 1 aliphatic carbocycles. The molecule has 2 N–H and O–H groups in total. The van der Waals surface area contributed by atoms with Crippen molar-refractivity contribution >= 4 is 34.1 Å². The Hall–Kier alpha value is -2.78. The third kappa shape index (κ3) is 5.68. The molecule has 0 saturated heterocycles. The zero-order chi connectivity index (χ0) is 22.5. The van der Waals surface area contributed by atoms with Gasteiger partial charge in [-0.3, -0.25) is 14.5 Å². The van der Waals surface area contributed by atoms with Crippen LogP contribution >= 0.6 is 11.3 Å². The number of hydrogen-bond acceptors (Lipinski definition) is 6. The number of carbonyl (C=O) groups excluding carboxylic acids is 3. The Balaban J connectivity index is 1.78. The van der Waals surface area contributed by atoms with E-state index in [-0.39, 0.29) is 42.4 Å². The van der Waals surface area contributed by atoms with Crippen molar-refractivity contribution in [1.29, 1.82) is 0 Å². The number of amides is 2. The van der Waals surface area contributed by atoms with Gasteiger partial charge in [0.25, 0.3) is 5.91 Å². The van der Waals surface area contributed by atoms with Crippen LogP contribution in [0.5, 0.6) is 0 Å². The lowest BCUT2D eigenvalue weighted by Crippen LogP contribution is -2.34. The topological polar surface area (TPSA) is 87.7 Å². The maximum absolute atomic E-state index is 13.5. The molecule has 166 valence electrons. The molecule has 9 heteroatoms. The molecule has 1 heterocycles. The van der Waals surface area contributed by atoms with Crippen LogP contribution in [0.1, 0.15) is 50.9 Å². The molecule has 3 rings (SSSR count). The first-order valence-corrected chi connectivity index (χ1v) is 11.0. The van der Waals surface area contributed by atoms with E-state index in [0.29, 0.717) is 22.0 Å². The lowest BCUT2D eigenvalue weighted by atomic mass is 10.1. The normalized spacial score (nSPS) is 13.2. The average Bonchev–Trinajstić information content (AvgIpc) is 3.51. The number of benzene rings is 1. The summed E-state index contributed by atoms with van der Waals surface area (Å²) in [7, 11) is 1.50. The van der Waals surface area contributed by atoms with Crippen molar-refractivity contribution in [2.45, 2.75) is 39.3 Å². The van der Waals surface area contributed by atoms with E-state index in [1.165, 1.54) is 19.2 Å². The molecule has 31 heavy (non-hydrogen) atoms. The number of rotatable bonds is 9. The molecule has 0 atom stereocenters. The van der Waals surface area contributed by atoms with Gasteiger partial charge < -0.3 is 15.4 Å². The summed E-state index contributed by atoms with van der Waals surface area (Å²) in [6.45, 7) is 4.07. The van der Waals surface area contributed by atoms with Gasteiger partial charge in [-0.05, 0) is 49.9 Å². The average molecular weight is 448 g/mol. The maximum Gasteiger partial charge on any atom is 0.341 e. The van der Waals surface area contributed by atoms with E-state index in [1.807, 2.05) is 11.0 Å². The summed E-state index contributed by atoms with van der Waals surface area (Å²) in [6.07, 6.45) is 1.96. The summed E-state index contributed by atoms with van der Waals surface area (Å²) in [6, 6.07) is 6.59. The van der Waals surface area contributed by atoms with E-state index in [1.54, 1.807) is 19.9 Å². The number of esters is 1. The van der Waals surface area contributed by atoms with Gasteiger partial charge in [0, 0.05) is 19.6 Å². The zero-order valence-electron chi connectivity index (χ0n) is 17.8. The van der Waals surface area contributed by atoms with Crippen molar-refractivity contribution in [2.75, 3.05) is 25.5 Å². The fourth-order valence-corrected chi connectivity index (χ4v) is 4.51. The second-order valence-electron chi connectivity index (χ2n) is 7.37. The van der Waals surface area contributed by atoms with Gasteiger partial charge in [-0.25, -0.2) is 9.18 Å². The largest absolute Gasteiger partial charge is 0.462 e. The van der Waals surface area contributed by atoms with Crippen LogP contribution in [0.4, 0.5) is 9.39 Å². The molecule has 0 radical (unpaired) electrons. The van der Waals surface area contributed by atoms with Gasteiger partial charge in [0.2, 0.25) is 5.91 Å². The predicted molar refractivity (Wildman–Crippen MR) is 117 cm³/mol. The highest BCUT2D eigenvalue weighted by Crippen LogP contribution is 2.34. The van der Waals surface area contributed by atoms with Crippen molar-refractivity contribution < 1.29 is 23.5 Å². The molecule has 0 spiro atoms. The second kappa shape index (κ2) is 10.0. The van der Waals surface area contributed by atoms with E-state index in [2.05, 4.69) is 10.6 Å². The molecular weight excluding hydrogens is 421 g/mol. The lowest BCUT2D eigenvalue weighted by molar-refractivity contribution is -0.117. The molecular formula is C22H26FN3O4S. The van der Waals surface area contributed by atoms with Crippen LogP contribution < -0.4 is 10.6 Å². The Bertz CT molecular complexity index is 987. The first kappa shape index (κ1) is 22.9. The third-order valence-electron chi connectivity index (χ3n) is 5.00. The van der Waals surface area contributed by atoms with E-state index in [9.17, 15) is 18.8 Å². The van der Waals surface area contributed by atoms with Crippen molar-refractivity contribution in [3.63, 3.8) is 0 Å². The van der Waals surface area contributed by atoms with Crippen molar-refractivity contribution in [2.24, 2.45) is 0 Å². The first-order chi connectivity index (χ1) is 14.8. The number of nitrogens with zero attached hydrogens (tertiary/aromatic N) is 1. The lowest BCUT2D eigenvalue weighted by Gasteiger charge is -2.21. The quantitative estimate of drug-likeness (QED) is 0.576. The number of hydrogen-bond donors (Lipinski definition) is 2. The van der Waals surface area contributed by atoms with Crippen LogP contribution in [-0.4, -0.2) is 48.9 Å². The summed E-state index contributed by atoms with van der Waals surface area (Å²) in [4.78, 5) is 39.8. The first-order valence-electron chi connectivity index (χ1n) is 10.1. The van der Waals surface area contributed by atoms with Gasteiger partial charge in [0.15, 0.2) is 0 Å². The van der Waals surface area contributed by atoms with E-state index in [4.69, 9.17) is 4.74 Å². The fraction of sp³-hybridized carbons (Fsp3) is 0.409. The van der Waals surface area contributed by atoms with E-state index < -0.39 is 5.97 Å². The monoisotopic (exact) mass is 447 g/mol. The van der Waals surface area contributed by atoms with Crippen molar-refractivity contribution in [3.05, 3.63) is 51.7 Å². The maximum atomic E-state index is 13.5. The van der Waals surface area contributed by atoms with Crippen LogP contribution in [0.3, 0.4) is 0 Å². The van der Waals surface area contributed by atoms with Gasteiger partial charge in [-0.15, -0.1) is 11.3 Å². The molecule has 7 nitrogen and oxygen atoms in total. The molecule has 1 aromatic heterocycles. The molecule has 2 amide bonds. The van der Waals surface area contributed by atoms with E-state index >= 15 is 0 Å². The smallest absolute Gasteiger partial charge is 0.341 e. The zero-order valence-corrected chi connectivity index (χ0v) is 18.6. The standard InChI is InChI=1S/C22H26FN3O4S/c1-4-30-22(29)18-13(2)19(20(28)24-3)31-21(18)25-17(27)12-26(16-8-9-16)11-14-6-5-7-15(23)10-14/h5-7,10,16H,4,8-9,11-12H2,1-3H3,(H,24,28)(H,25,27). The van der Waals surface area contributed by atoms with Crippen LogP contribution in [-0.2, 0) is 16.1 Å². The van der Waals surface area contributed by atoms with Gasteiger partial charge in [-0.1, -0.05) is 12.1 Å². The fourth-order valence-electron chi connectivity index (χ4n) is 3.35. The molecule has 2 aromatic rings. The molecule has 1 fully saturated rings. The Labute approximate surface area is 184 Å². The number of thiophene rings is 1. The van der Waals surface area contributed by atoms with Crippen LogP contribution in [0, 0.1) is 12.7 Å². The van der Waals surface area contributed by atoms with Gasteiger partial charge in [-0.2, -0.15) is 0 Å². The highest BCUT2D eigenvalue weighted by Gasteiger charge is 2.31. The highest BCUT2D eigenvalue weighted by atomic mass is 32.1. The SMILES string of the molecule is CCOC(=O)c1c(NC(=O)CN(Cc2cccc(F)c2)C2CC2)sc(C(=O)NC)c1C. The van der Waals surface area contributed by atoms with Crippen LogP contribution in [0.15, 0.2) is 24.3 Å². The molecule has 0 aliphatic heterocycles. The summed E-state index contributed by atoms with van der Waals surface area (Å²) in [5.41, 5.74) is 1.46. The Morgan fingerprint density at radius 2 is 2.03 bits per heavy atom. The van der Waals surface area contributed by atoms with Gasteiger partial charge in [0.05, 0.1) is 23.6 Å². The number of halogens is 1. The minimum atomic E-state index is -0.583. The molecule has 1 saturated carbocycles. The Kier molecular flexibility index (Phi) is 7.40. The number of nitrogens with one attached hydrogen (secondary N) is 2. The van der Waals surface area contributed by atoms with Gasteiger partial charge >= 0.3 is 5.97 Å². The number of anilines is 1. The molecule has 0 bridgehead atoms. The summed E-state index contributed by atoms with van der Waals surface area (Å²) >= 11 is 1.05. The second-order valence-corrected chi connectivity index (χ2v) is 8.39. The van der Waals surface area contributed by atoms with Crippen LogP contribution in [0.25, 0.3) is 0 Å². The number of carbonyl (C=O) groups is 3. The molecule has 1 aromatic carbocycles. The summed E-state index contributed by atoms with van der Waals surface area (Å²) < 4.78 is 18.6. The third-order valence-corrected chi connectivity index (χ3v) is 6.20. The van der Waals surface area contributed by atoms with Crippen molar-refractivity contribution in [3.8, 4) is 0 Å².